The van der Waals surface area contributed by atoms with Gasteiger partial charge in [0.25, 0.3) is 0 Å². The maximum Gasteiger partial charge on any atom is 0.181 e. The van der Waals surface area contributed by atoms with E-state index in [0.29, 0.717) is 13.2 Å². The molecule has 0 spiro atoms. The van der Waals surface area contributed by atoms with Crippen molar-refractivity contribution in [3.63, 3.8) is 0 Å². The Balaban J connectivity index is 1.71. The van der Waals surface area contributed by atoms with Gasteiger partial charge in [-0.1, -0.05) is 0 Å². The van der Waals surface area contributed by atoms with E-state index in [0.717, 1.165) is 12.1 Å². The number of hydrogen-bond acceptors (Lipinski definition) is 10. The zero-order valence-electron chi connectivity index (χ0n) is 19.0. The number of benzene rings is 1. The fourth-order valence-corrected chi connectivity index (χ4v) is 3.98. The van der Waals surface area contributed by atoms with Crippen molar-refractivity contribution in [3.05, 3.63) is 34.4 Å². The van der Waals surface area contributed by atoms with Crippen LogP contribution in [-0.4, -0.2) is 88.6 Å². The fourth-order valence-electron chi connectivity index (χ4n) is 3.98. The van der Waals surface area contributed by atoms with Crippen molar-refractivity contribution in [2.24, 2.45) is 11.8 Å². The van der Waals surface area contributed by atoms with Crippen molar-refractivity contribution >= 4 is 34.7 Å². The molecular formula is C24H26O10. The molecule has 1 aromatic carbocycles. The van der Waals surface area contributed by atoms with Crippen LogP contribution in [0.25, 0.3) is 0 Å². The van der Waals surface area contributed by atoms with Crippen molar-refractivity contribution in [1.29, 1.82) is 0 Å². The second-order valence-corrected chi connectivity index (χ2v) is 7.91. The predicted octanol–water partition coefficient (Wildman–Crippen LogP) is 0.921. The lowest BCUT2D eigenvalue weighted by Crippen LogP contribution is -2.27. The smallest absolute Gasteiger partial charge is 0.181 e. The number of hydrogen-bond donors (Lipinski definition) is 0. The summed E-state index contributed by atoms with van der Waals surface area (Å²) < 4.78 is 20.1. The van der Waals surface area contributed by atoms with Gasteiger partial charge < -0.3 is 18.9 Å². The lowest BCUT2D eigenvalue weighted by molar-refractivity contribution is -0.122. The van der Waals surface area contributed by atoms with Crippen molar-refractivity contribution in [3.8, 4) is 0 Å². The quantitative estimate of drug-likeness (QED) is 0.282. The van der Waals surface area contributed by atoms with Crippen LogP contribution in [0.1, 0.15) is 54.3 Å². The molecule has 0 atom stereocenters. The summed E-state index contributed by atoms with van der Waals surface area (Å²) in [5.41, 5.74) is -0.335. The lowest BCUT2D eigenvalue weighted by atomic mass is 9.95. The molecule has 0 bridgehead atoms. The number of ether oxygens (including phenoxy) is 4. The van der Waals surface area contributed by atoms with E-state index < -0.39 is 46.5 Å². The van der Waals surface area contributed by atoms with E-state index >= 15 is 0 Å². The summed E-state index contributed by atoms with van der Waals surface area (Å²) in [6, 6.07) is 2.33. The van der Waals surface area contributed by atoms with E-state index in [9.17, 15) is 28.8 Å². The standard InChI is InChI=1S/C24H26O10/c1-31-7-9-33-5-3-17(25)19-21(27)13-11-15-16(12-14(13)22(19)28)24(30)20(23(15)29)18(26)4-6-34-10-8-32-2/h11-12,19-20H,3-10H2,1-2H3. The van der Waals surface area contributed by atoms with Gasteiger partial charge in [0.1, 0.15) is 11.8 Å². The molecule has 3 rings (SSSR count). The Kier molecular flexibility index (Phi) is 8.67. The summed E-state index contributed by atoms with van der Waals surface area (Å²) in [6.07, 6.45) is -0.277. The van der Waals surface area contributed by atoms with Crippen LogP contribution in [0.4, 0.5) is 0 Å². The largest absolute Gasteiger partial charge is 0.382 e. The molecule has 0 unspecified atom stereocenters. The lowest BCUT2D eigenvalue weighted by Gasteiger charge is -2.07. The van der Waals surface area contributed by atoms with E-state index in [4.69, 9.17) is 18.9 Å². The highest BCUT2D eigenvalue weighted by Gasteiger charge is 2.48. The maximum atomic E-state index is 12.8. The van der Waals surface area contributed by atoms with Crippen LogP contribution >= 0.6 is 0 Å². The molecule has 0 N–H and O–H groups in total. The minimum Gasteiger partial charge on any atom is -0.382 e. The SMILES string of the molecule is COCCOCCC(=O)C1C(=O)c2cc3c(cc2C1=O)C(=O)C(C(=O)CCOCCOC)C3=O. The number of rotatable bonds is 14. The Morgan fingerprint density at radius 1 is 0.588 bits per heavy atom. The zero-order valence-corrected chi connectivity index (χ0v) is 19.0. The Bertz CT molecular complexity index is 893. The van der Waals surface area contributed by atoms with Crippen LogP contribution in [-0.2, 0) is 28.5 Å². The number of fused-ring (bicyclic) bond motifs is 2. The third-order valence-corrected chi connectivity index (χ3v) is 5.76. The van der Waals surface area contributed by atoms with Crippen molar-refractivity contribution in [2.45, 2.75) is 12.8 Å². The third kappa shape index (κ3) is 5.10. The van der Waals surface area contributed by atoms with Crippen LogP contribution < -0.4 is 0 Å². The molecule has 0 fully saturated rings. The van der Waals surface area contributed by atoms with Crippen LogP contribution in [0.15, 0.2) is 12.1 Å². The zero-order chi connectivity index (χ0) is 24.8. The van der Waals surface area contributed by atoms with Gasteiger partial charge in [0.15, 0.2) is 34.7 Å². The first-order valence-electron chi connectivity index (χ1n) is 10.9. The number of carbonyl (C=O) groups is 6. The molecule has 0 saturated carbocycles. The van der Waals surface area contributed by atoms with Gasteiger partial charge in [-0.25, -0.2) is 0 Å². The number of ketones is 6. The Morgan fingerprint density at radius 2 is 0.912 bits per heavy atom. The highest BCUT2D eigenvalue weighted by atomic mass is 16.5. The molecule has 0 heterocycles. The van der Waals surface area contributed by atoms with Crippen molar-refractivity contribution in [2.75, 3.05) is 53.9 Å². The molecule has 1 aromatic rings. The summed E-state index contributed by atoms with van der Waals surface area (Å²) in [7, 11) is 3.01. The summed E-state index contributed by atoms with van der Waals surface area (Å²) in [4.78, 5) is 76.3. The number of carbonyl (C=O) groups excluding carboxylic acids is 6. The normalized spacial score (nSPS) is 15.8. The van der Waals surface area contributed by atoms with Gasteiger partial charge in [-0.3, -0.25) is 28.8 Å². The molecule has 2 aliphatic carbocycles. The first-order chi connectivity index (χ1) is 16.3. The molecule has 10 nitrogen and oxygen atoms in total. The molecule has 0 amide bonds. The van der Waals surface area contributed by atoms with Gasteiger partial charge in [0.2, 0.25) is 0 Å². The van der Waals surface area contributed by atoms with E-state index in [-0.39, 0.29) is 61.5 Å². The minimum absolute atomic E-state index is 0.0298. The minimum atomic E-state index is -1.52. The van der Waals surface area contributed by atoms with Gasteiger partial charge >= 0.3 is 0 Å². The first kappa shape index (κ1) is 25.7. The monoisotopic (exact) mass is 474 g/mol. The van der Waals surface area contributed by atoms with Crippen LogP contribution in [0, 0.1) is 11.8 Å². The van der Waals surface area contributed by atoms with Gasteiger partial charge in [0.05, 0.1) is 39.6 Å². The fraction of sp³-hybridized carbons (Fsp3) is 0.500. The van der Waals surface area contributed by atoms with Crippen LogP contribution in [0.2, 0.25) is 0 Å². The van der Waals surface area contributed by atoms with Gasteiger partial charge in [-0.15, -0.1) is 0 Å². The third-order valence-electron chi connectivity index (χ3n) is 5.76. The van der Waals surface area contributed by atoms with Gasteiger partial charge in [-0.2, -0.15) is 0 Å². The van der Waals surface area contributed by atoms with Crippen LogP contribution in [0.5, 0.6) is 0 Å². The van der Waals surface area contributed by atoms with E-state index in [1.165, 1.54) is 14.2 Å². The molecule has 182 valence electrons. The average Bonchev–Trinajstić information content (AvgIpc) is 3.21. The highest BCUT2D eigenvalue weighted by molar-refractivity contribution is 6.39. The molecule has 0 saturated heterocycles. The van der Waals surface area contributed by atoms with Crippen molar-refractivity contribution in [1.82, 2.24) is 0 Å². The Morgan fingerprint density at radius 3 is 1.21 bits per heavy atom. The topological polar surface area (TPSA) is 139 Å². The average molecular weight is 474 g/mol. The van der Waals surface area contributed by atoms with E-state index in [1.54, 1.807) is 0 Å². The van der Waals surface area contributed by atoms with E-state index in [2.05, 4.69) is 0 Å². The van der Waals surface area contributed by atoms with Gasteiger partial charge in [-0.05, 0) is 12.1 Å². The summed E-state index contributed by atoms with van der Waals surface area (Å²) in [5, 5.41) is 0. The van der Waals surface area contributed by atoms with Crippen LogP contribution in [0.3, 0.4) is 0 Å². The first-order valence-corrected chi connectivity index (χ1v) is 10.9. The Labute approximate surface area is 195 Å². The number of methoxy groups -OCH3 is 2. The summed E-state index contributed by atoms with van der Waals surface area (Å²) in [5.74, 6) is -7.09. The maximum absolute atomic E-state index is 12.8. The highest BCUT2D eigenvalue weighted by Crippen LogP contribution is 2.36. The second kappa shape index (κ2) is 11.5. The van der Waals surface area contributed by atoms with E-state index in [1.807, 2.05) is 0 Å². The molecular weight excluding hydrogens is 448 g/mol. The molecule has 10 heteroatoms. The molecule has 0 aliphatic heterocycles. The molecule has 34 heavy (non-hydrogen) atoms. The number of Topliss-reactive ketones (excluding diaryl/α,β-unsaturated/α-hetero) is 6. The molecule has 2 aliphatic rings. The molecule has 0 radical (unpaired) electrons. The predicted molar refractivity (Wildman–Crippen MR) is 115 cm³/mol. The second-order valence-electron chi connectivity index (χ2n) is 7.91. The van der Waals surface area contributed by atoms with Gasteiger partial charge in [0, 0.05) is 49.3 Å². The van der Waals surface area contributed by atoms with Crippen molar-refractivity contribution < 1.29 is 47.7 Å². The Hall–Kier alpha value is -2.92. The summed E-state index contributed by atoms with van der Waals surface area (Å²) in [6.45, 7) is 1.29. The summed E-state index contributed by atoms with van der Waals surface area (Å²) >= 11 is 0. The molecule has 0 aromatic heterocycles.